The van der Waals surface area contributed by atoms with Gasteiger partial charge >= 0.3 is 5.97 Å². The fourth-order valence-corrected chi connectivity index (χ4v) is 2.96. The third-order valence-corrected chi connectivity index (χ3v) is 4.36. The molecule has 0 saturated carbocycles. The van der Waals surface area contributed by atoms with Gasteiger partial charge in [0.2, 0.25) is 0 Å². The number of hydrogen-bond donors (Lipinski definition) is 1. The standard InChI is InChI=1S/C22H32N2O6/c1-15(2)18(21(27)30-22(3,4)5)23-11-8-12-28-13-14-29-24-19(25)16-9-6-7-10-17(16)20(24)26/h6-7,9-10,15,18,23H,8,11-14H2,1-5H3/t18-/m0/s1. The molecule has 2 amide bonds. The molecular weight excluding hydrogens is 388 g/mol. The van der Waals surface area contributed by atoms with Gasteiger partial charge in [-0.2, -0.15) is 0 Å². The lowest BCUT2D eigenvalue weighted by Crippen LogP contribution is -2.45. The monoisotopic (exact) mass is 420 g/mol. The molecule has 1 aromatic rings. The maximum absolute atomic E-state index is 12.3. The smallest absolute Gasteiger partial charge is 0.323 e. The second-order valence-electron chi connectivity index (χ2n) is 8.46. The lowest BCUT2D eigenvalue weighted by Gasteiger charge is -2.26. The number of ether oxygens (including phenoxy) is 2. The van der Waals surface area contributed by atoms with Crippen molar-refractivity contribution >= 4 is 17.8 Å². The molecule has 0 aliphatic carbocycles. The summed E-state index contributed by atoms with van der Waals surface area (Å²) in [5.41, 5.74) is 0.174. The summed E-state index contributed by atoms with van der Waals surface area (Å²) in [6.45, 7) is 10.9. The Kier molecular flexibility index (Phi) is 8.52. The van der Waals surface area contributed by atoms with Crippen LogP contribution in [-0.4, -0.2) is 60.9 Å². The fourth-order valence-electron chi connectivity index (χ4n) is 2.96. The number of esters is 1. The number of rotatable bonds is 11. The molecule has 1 aliphatic heterocycles. The number of nitrogens with zero attached hydrogens (tertiary/aromatic N) is 1. The van der Waals surface area contributed by atoms with E-state index in [2.05, 4.69) is 5.32 Å². The molecule has 8 heteroatoms. The summed E-state index contributed by atoms with van der Waals surface area (Å²) in [6.07, 6.45) is 0.693. The summed E-state index contributed by atoms with van der Waals surface area (Å²) in [5, 5.41) is 4.00. The molecule has 0 unspecified atom stereocenters. The molecule has 1 atom stereocenters. The van der Waals surface area contributed by atoms with Crippen LogP contribution in [0.2, 0.25) is 0 Å². The molecule has 0 bridgehead atoms. The van der Waals surface area contributed by atoms with Crippen molar-refractivity contribution in [1.82, 2.24) is 10.4 Å². The zero-order valence-electron chi connectivity index (χ0n) is 18.4. The number of carbonyl (C=O) groups excluding carboxylic acids is 3. The minimum absolute atomic E-state index is 0.0887. The average molecular weight is 421 g/mol. The third-order valence-electron chi connectivity index (χ3n) is 4.36. The largest absolute Gasteiger partial charge is 0.459 e. The number of amides is 2. The number of nitrogens with one attached hydrogen (secondary N) is 1. The van der Waals surface area contributed by atoms with Crippen molar-refractivity contribution in [3.05, 3.63) is 35.4 Å². The summed E-state index contributed by atoms with van der Waals surface area (Å²) in [4.78, 5) is 41.9. The first-order valence-electron chi connectivity index (χ1n) is 10.3. The Balaban J connectivity index is 1.62. The fraction of sp³-hybridized carbons (Fsp3) is 0.591. The maximum atomic E-state index is 12.3. The molecule has 1 aliphatic rings. The molecule has 1 aromatic carbocycles. The second-order valence-corrected chi connectivity index (χ2v) is 8.46. The van der Waals surface area contributed by atoms with Crippen LogP contribution in [-0.2, 0) is 19.1 Å². The van der Waals surface area contributed by atoms with Gasteiger partial charge in [0.05, 0.1) is 24.3 Å². The van der Waals surface area contributed by atoms with Crippen LogP contribution in [0.25, 0.3) is 0 Å². The van der Waals surface area contributed by atoms with Gasteiger partial charge in [-0.3, -0.25) is 19.2 Å². The zero-order valence-corrected chi connectivity index (χ0v) is 18.4. The van der Waals surface area contributed by atoms with Crippen LogP contribution in [0.1, 0.15) is 61.8 Å². The Bertz CT molecular complexity index is 721. The summed E-state index contributed by atoms with van der Waals surface area (Å²) in [5.74, 6) is -1.06. The van der Waals surface area contributed by atoms with Crippen molar-refractivity contribution in [1.29, 1.82) is 0 Å². The van der Waals surface area contributed by atoms with Gasteiger partial charge in [-0.1, -0.05) is 26.0 Å². The molecule has 1 N–H and O–H groups in total. The van der Waals surface area contributed by atoms with Gasteiger partial charge in [0.25, 0.3) is 11.8 Å². The molecule has 0 spiro atoms. The van der Waals surface area contributed by atoms with Crippen LogP contribution >= 0.6 is 0 Å². The molecule has 0 saturated heterocycles. The van der Waals surface area contributed by atoms with Crippen LogP contribution in [0, 0.1) is 5.92 Å². The minimum Gasteiger partial charge on any atom is -0.459 e. The van der Waals surface area contributed by atoms with E-state index >= 15 is 0 Å². The molecule has 166 valence electrons. The second kappa shape index (κ2) is 10.7. The van der Waals surface area contributed by atoms with E-state index in [0.29, 0.717) is 30.7 Å². The predicted molar refractivity (Wildman–Crippen MR) is 111 cm³/mol. The molecule has 2 rings (SSSR count). The molecule has 0 aromatic heterocycles. The predicted octanol–water partition coefficient (Wildman–Crippen LogP) is 2.58. The van der Waals surface area contributed by atoms with Gasteiger partial charge in [-0.05, 0) is 51.8 Å². The van der Waals surface area contributed by atoms with Gasteiger partial charge in [0, 0.05) is 6.61 Å². The summed E-state index contributed by atoms with van der Waals surface area (Å²) >= 11 is 0. The van der Waals surface area contributed by atoms with Crippen molar-refractivity contribution in [3.8, 4) is 0 Å². The lowest BCUT2D eigenvalue weighted by molar-refractivity contribution is -0.158. The molecule has 8 nitrogen and oxygen atoms in total. The first kappa shape index (κ1) is 24.0. The summed E-state index contributed by atoms with van der Waals surface area (Å²) in [6, 6.07) is 6.24. The highest BCUT2D eigenvalue weighted by Crippen LogP contribution is 2.22. The van der Waals surface area contributed by atoms with Crippen molar-refractivity contribution in [2.24, 2.45) is 5.92 Å². The van der Waals surface area contributed by atoms with Crippen molar-refractivity contribution in [3.63, 3.8) is 0 Å². The third kappa shape index (κ3) is 6.62. The van der Waals surface area contributed by atoms with Crippen molar-refractivity contribution in [2.45, 2.75) is 52.7 Å². The molecule has 30 heavy (non-hydrogen) atoms. The topological polar surface area (TPSA) is 94.2 Å². The van der Waals surface area contributed by atoms with Gasteiger partial charge < -0.3 is 14.8 Å². The number of fused-ring (bicyclic) bond motifs is 1. The van der Waals surface area contributed by atoms with Crippen LogP contribution in [0.3, 0.4) is 0 Å². The van der Waals surface area contributed by atoms with Gasteiger partial charge in [0.1, 0.15) is 11.6 Å². The van der Waals surface area contributed by atoms with Crippen LogP contribution in [0.15, 0.2) is 24.3 Å². The zero-order chi connectivity index (χ0) is 22.3. The quantitative estimate of drug-likeness (QED) is 0.334. The van der Waals surface area contributed by atoms with Crippen molar-refractivity contribution in [2.75, 3.05) is 26.4 Å². The minimum atomic E-state index is -0.519. The summed E-state index contributed by atoms with van der Waals surface area (Å²) < 4.78 is 10.9. The number of benzene rings is 1. The van der Waals surface area contributed by atoms with E-state index in [1.165, 1.54) is 0 Å². The van der Waals surface area contributed by atoms with E-state index in [9.17, 15) is 14.4 Å². The van der Waals surface area contributed by atoms with Crippen LogP contribution in [0.5, 0.6) is 0 Å². The van der Waals surface area contributed by atoms with Crippen LogP contribution in [0.4, 0.5) is 0 Å². The van der Waals surface area contributed by atoms with E-state index in [0.717, 1.165) is 5.06 Å². The Morgan fingerprint density at radius 3 is 2.17 bits per heavy atom. The maximum Gasteiger partial charge on any atom is 0.323 e. The van der Waals surface area contributed by atoms with Crippen LogP contribution < -0.4 is 5.32 Å². The number of carbonyl (C=O) groups is 3. The van der Waals surface area contributed by atoms with Gasteiger partial charge in [0.15, 0.2) is 0 Å². The number of hydroxylamine groups is 2. The summed E-state index contributed by atoms with van der Waals surface area (Å²) in [7, 11) is 0. The lowest BCUT2D eigenvalue weighted by atomic mass is 10.0. The highest BCUT2D eigenvalue weighted by molar-refractivity contribution is 6.20. The Morgan fingerprint density at radius 1 is 1.03 bits per heavy atom. The van der Waals surface area contributed by atoms with E-state index < -0.39 is 17.4 Å². The van der Waals surface area contributed by atoms with E-state index in [1.54, 1.807) is 24.3 Å². The van der Waals surface area contributed by atoms with E-state index in [-0.39, 0.29) is 31.1 Å². The average Bonchev–Trinajstić information content (AvgIpc) is 2.90. The molecular formula is C22H32N2O6. The Labute approximate surface area is 177 Å². The Morgan fingerprint density at radius 2 is 1.63 bits per heavy atom. The Hall–Kier alpha value is -2.29. The van der Waals surface area contributed by atoms with E-state index in [1.807, 2.05) is 34.6 Å². The first-order valence-corrected chi connectivity index (χ1v) is 10.3. The normalized spacial score (nSPS) is 14.9. The first-order chi connectivity index (χ1) is 14.1. The van der Waals surface area contributed by atoms with E-state index in [4.69, 9.17) is 14.3 Å². The number of hydrogen-bond acceptors (Lipinski definition) is 7. The molecule has 1 heterocycles. The van der Waals surface area contributed by atoms with Gasteiger partial charge in [-0.25, -0.2) is 0 Å². The van der Waals surface area contributed by atoms with Gasteiger partial charge in [-0.15, -0.1) is 5.06 Å². The van der Waals surface area contributed by atoms with Crippen molar-refractivity contribution < 1.29 is 28.7 Å². The highest BCUT2D eigenvalue weighted by atomic mass is 16.7. The highest BCUT2D eigenvalue weighted by Gasteiger charge is 2.36. The number of imide groups is 1. The SMILES string of the molecule is CC(C)[C@H](NCCCOCCON1C(=O)c2ccccc2C1=O)C(=O)OC(C)(C)C. The molecule has 0 radical (unpaired) electrons. The molecule has 0 fully saturated rings.